The number of quaternary nitrogens is 1. The third kappa shape index (κ3) is 3.15. The van der Waals surface area contributed by atoms with E-state index in [1.165, 1.54) is 0 Å². The number of carbonyl (C=O) groups excluding carboxylic acids is 1. The molecule has 0 aliphatic rings. The van der Waals surface area contributed by atoms with Gasteiger partial charge in [0.25, 0.3) is 5.91 Å². The monoisotopic (exact) mass is 373 g/mol. The lowest BCUT2D eigenvalue weighted by atomic mass is 10.1. The fourth-order valence-electron chi connectivity index (χ4n) is 2.20. The van der Waals surface area contributed by atoms with Crippen molar-refractivity contribution in [3.05, 3.63) is 58.1 Å². The van der Waals surface area contributed by atoms with Crippen molar-refractivity contribution in [3.8, 4) is 5.88 Å². The molecule has 0 aliphatic carbocycles. The molecule has 0 bridgehead atoms. The van der Waals surface area contributed by atoms with E-state index in [4.69, 9.17) is 0 Å². The first kappa shape index (κ1) is 15.4. The van der Waals surface area contributed by atoms with Crippen LogP contribution in [0.15, 0.2) is 57.2 Å². The summed E-state index contributed by atoms with van der Waals surface area (Å²) >= 11 is 3.37. The highest BCUT2D eigenvalue weighted by Gasteiger charge is 2.12. The number of halogens is 1. The molecule has 0 aliphatic heterocycles. The van der Waals surface area contributed by atoms with Crippen molar-refractivity contribution in [1.82, 2.24) is 4.98 Å². The van der Waals surface area contributed by atoms with Gasteiger partial charge in [-0.1, -0.05) is 28.1 Å². The van der Waals surface area contributed by atoms with Gasteiger partial charge in [-0.05, 0) is 30.3 Å². The number of benzene rings is 2. The fourth-order valence-corrected chi connectivity index (χ4v) is 2.57. The second kappa shape index (κ2) is 6.31. The Kier molecular flexibility index (Phi) is 4.22. The van der Waals surface area contributed by atoms with E-state index in [1.54, 1.807) is 24.3 Å². The van der Waals surface area contributed by atoms with Gasteiger partial charge >= 0.3 is 0 Å². The number of H-pyrrole nitrogens is 1. The highest BCUT2D eigenvalue weighted by molar-refractivity contribution is 9.10. The molecule has 6 nitrogen and oxygen atoms in total. The summed E-state index contributed by atoms with van der Waals surface area (Å²) in [6, 6.07) is 12.5. The zero-order chi connectivity index (χ0) is 16.4. The van der Waals surface area contributed by atoms with Crippen molar-refractivity contribution in [3.63, 3.8) is 0 Å². The third-order valence-electron chi connectivity index (χ3n) is 3.44. The molecule has 1 amide bonds. The van der Waals surface area contributed by atoms with Crippen LogP contribution in [0.5, 0.6) is 5.88 Å². The van der Waals surface area contributed by atoms with Crippen LogP contribution < -0.4 is 5.73 Å². The van der Waals surface area contributed by atoms with Crippen LogP contribution in [0.25, 0.3) is 10.9 Å². The maximum atomic E-state index is 12.1. The number of azo groups is 1. The molecular formula is C16H14BrN4O2+. The summed E-state index contributed by atoms with van der Waals surface area (Å²) in [6.07, 6.45) is 0. The van der Waals surface area contributed by atoms with Gasteiger partial charge in [-0.2, -0.15) is 0 Å². The van der Waals surface area contributed by atoms with Crippen LogP contribution in [0.1, 0.15) is 15.9 Å². The molecule has 1 heterocycles. The number of nitrogens with one attached hydrogen (secondary N) is 1. The molecule has 7 heteroatoms. The summed E-state index contributed by atoms with van der Waals surface area (Å²) in [5, 5.41) is 18.2. The topological polar surface area (TPSA) is 105 Å². The lowest BCUT2D eigenvalue weighted by molar-refractivity contribution is -0.386. The van der Waals surface area contributed by atoms with Gasteiger partial charge in [0.1, 0.15) is 0 Å². The number of amides is 1. The van der Waals surface area contributed by atoms with E-state index in [2.05, 4.69) is 36.9 Å². The van der Waals surface area contributed by atoms with Crippen LogP contribution in [-0.2, 0) is 6.54 Å². The first-order valence-electron chi connectivity index (χ1n) is 6.93. The first-order valence-corrected chi connectivity index (χ1v) is 7.72. The molecule has 3 rings (SSSR count). The Hall–Kier alpha value is -2.51. The standard InChI is InChI=1S/C16H13BrN4O2/c17-11-5-6-13-12(7-11)14(16(23)19-13)20-21-15(22)10-3-1-9(8-18)2-4-10/h1-7,19,23H,8,18H2/p+1. The summed E-state index contributed by atoms with van der Waals surface area (Å²) in [5.41, 5.74) is 6.21. The summed E-state index contributed by atoms with van der Waals surface area (Å²) in [6.45, 7) is 0.661. The first-order chi connectivity index (χ1) is 11.1. The number of rotatable bonds is 3. The Morgan fingerprint density at radius 2 is 1.96 bits per heavy atom. The molecule has 3 aromatic rings. The molecular weight excluding hydrogens is 360 g/mol. The molecule has 23 heavy (non-hydrogen) atoms. The zero-order valence-corrected chi connectivity index (χ0v) is 13.7. The molecule has 0 unspecified atom stereocenters. The lowest BCUT2D eigenvalue weighted by Gasteiger charge is -1.97. The molecule has 0 atom stereocenters. The van der Waals surface area contributed by atoms with Crippen LogP contribution in [-0.4, -0.2) is 16.0 Å². The molecule has 0 radical (unpaired) electrons. The van der Waals surface area contributed by atoms with Crippen molar-refractivity contribution < 1.29 is 15.6 Å². The van der Waals surface area contributed by atoms with Crippen molar-refractivity contribution in [2.24, 2.45) is 10.2 Å². The third-order valence-corrected chi connectivity index (χ3v) is 3.94. The predicted octanol–water partition coefficient (Wildman–Crippen LogP) is 3.30. The zero-order valence-electron chi connectivity index (χ0n) is 12.1. The number of hydrogen-bond acceptors (Lipinski definition) is 3. The van der Waals surface area contributed by atoms with Crippen LogP contribution in [0.2, 0.25) is 0 Å². The van der Waals surface area contributed by atoms with Gasteiger partial charge in [0.05, 0.1) is 12.1 Å². The van der Waals surface area contributed by atoms with E-state index >= 15 is 0 Å². The van der Waals surface area contributed by atoms with E-state index in [1.807, 2.05) is 18.2 Å². The summed E-state index contributed by atoms with van der Waals surface area (Å²) < 4.78 is 0.843. The molecule has 1 aromatic heterocycles. The van der Waals surface area contributed by atoms with Crippen molar-refractivity contribution >= 4 is 38.4 Å². The van der Waals surface area contributed by atoms with Crippen LogP contribution in [0, 0.1) is 0 Å². The lowest BCUT2D eigenvalue weighted by Crippen LogP contribution is -2.47. The number of fused-ring (bicyclic) bond motifs is 1. The van der Waals surface area contributed by atoms with Gasteiger partial charge in [0.15, 0.2) is 5.69 Å². The second-order valence-corrected chi connectivity index (χ2v) is 5.88. The van der Waals surface area contributed by atoms with Gasteiger partial charge in [0, 0.05) is 21.0 Å². The minimum Gasteiger partial charge on any atom is -0.493 e. The number of aromatic hydroxyl groups is 1. The average molecular weight is 374 g/mol. The maximum Gasteiger partial charge on any atom is 0.295 e. The Morgan fingerprint density at radius 1 is 1.22 bits per heavy atom. The smallest absolute Gasteiger partial charge is 0.295 e. The van der Waals surface area contributed by atoms with E-state index in [0.717, 1.165) is 10.0 Å². The SMILES string of the molecule is [NH3+]Cc1ccc(C(=O)N=Nc2c(O)[nH]c3ccc(Br)cc23)cc1. The minimum atomic E-state index is -0.468. The van der Waals surface area contributed by atoms with Gasteiger partial charge < -0.3 is 15.8 Å². The van der Waals surface area contributed by atoms with E-state index in [0.29, 0.717) is 23.0 Å². The largest absolute Gasteiger partial charge is 0.493 e. The summed E-state index contributed by atoms with van der Waals surface area (Å²) in [5.74, 6) is -0.591. The number of aromatic amines is 1. The number of hydrogen-bond donors (Lipinski definition) is 3. The second-order valence-electron chi connectivity index (χ2n) is 4.96. The van der Waals surface area contributed by atoms with Gasteiger partial charge in [-0.15, -0.1) is 10.2 Å². The van der Waals surface area contributed by atoms with Crippen molar-refractivity contribution in [1.29, 1.82) is 0 Å². The summed E-state index contributed by atoms with van der Waals surface area (Å²) in [7, 11) is 0. The molecule has 0 fully saturated rings. The van der Waals surface area contributed by atoms with Crippen molar-refractivity contribution in [2.75, 3.05) is 0 Å². The molecule has 0 spiro atoms. The van der Waals surface area contributed by atoms with Crippen LogP contribution in [0.4, 0.5) is 5.69 Å². The molecule has 0 saturated heterocycles. The molecule has 5 N–H and O–H groups in total. The normalized spacial score (nSPS) is 11.4. The number of aromatic nitrogens is 1. The fraction of sp³-hybridized carbons (Fsp3) is 0.0625. The minimum absolute atomic E-state index is 0.123. The predicted molar refractivity (Wildman–Crippen MR) is 89.5 cm³/mol. The summed E-state index contributed by atoms with van der Waals surface area (Å²) in [4.78, 5) is 14.9. The highest BCUT2D eigenvalue weighted by Crippen LogP contribution is 2.36. The number of carbonyl (C=O) groups is 1. The quantitative estimate of drug-likeness (QED) is 0.612. The maximum absolute atomic E-state index is 12.1. The average Bonchev–Trinajstić information content (AvgIpc) is 2.87. The van der Waals surface area contributed by atoms with Crippen molar-refractivity contribution in [2.45, 2.75) is 6.54 Å². The Bertz CT molecular complexity index is 900. The molecule has 2 aromatic carbocycles. The van der Waals surface area contributed by atoms with Gasteiger partial charge in [-0.25, -0.2) is 0 Å². The Labute approximate surface area is 140 Å². The van der Waals surface area contributed by atoms with E-state index in [9.17, 15) is 9.90 Å². The highest BCUT2D eigenvalue weighted by atomic mass is 79.9. The van der Waals surface area contributed by atoms with Crippen LogP contribution >= 0.6 is 15.9 Å². The van der Waals surface area contributed by atoms with Gasteiger partial charge in [-0.3, -0.25) is 4.79 Å². The van der Waals surface area contributed by atoms with E-state index in [-0.39, 0.29) is 11.6 Å². The Balaban J connectivity index is 1.91. The van der Waals surface area contributed by atoms with E-state index < -0.39 is 5.91 Å². The van der Waals surface area contributed by atoms with Gasteiger partial charge in [0.2, 0.25) is 5.88 Å². The number of nitrogens with zero attached hydrogens (tertiary/aromatic N) is 2. The molecule has 0 saturated carbocycles. The van der Waals surface area contributed by atoms with Crippen LogP contribution in [0.3, 0.4) is 0 Å². The molecule has 116 valence electrons. The Morgan fingerprint density at radius 3 is 2.65 bits per heavy atom.